The minimum atomic E-state index is -8.75. The average molecular weight is 691 g/mol. The Bertz CT molecular complexity index is 1220. The Balaban J connectivity index is 3.72. The Labute approximate surface area is 214 Å². The van der Waals surface area contributed by atoms with Gasteiger partial charge in [-0.2, -0.15) is 74.6 Å². The van der Waals surface area contributed by atoms with Crippen molar-refractivity contribution in [3.63, 3.8) is 0 Å². The van der Waals surface area contributed by atoms with E-state index in [2.05, 4.69) is 20.7 Å². The van der Waals surface area contributed by atoms with Gasteiger partial charge in [0.1, 0.15) is 5.75 Å². The fourth-order valence-electron chi connectivity index (χ4n) is 2.35. The number of hydrogen-bond donors (Lipinski definition) is 2. The Morgan fingerprint density at radius 2 is 0.975 bits per heavy atom. The molecule has 0 bridgehead atoms. The standard InChI is InChI=1S/C17H4BrF17O5/c18-5-1-3(9(36)37)4(10(38)39)2-6(5)40-8(20)7(19)11(21,22)12(23,24)13(25,26)14(27,28)15(29,30)16(31,32)17(33,34)35/h1-2H,(H,36,37)(H,38,39). The van der Waals surface area contributed by atoms with Crippen molar-refractivity contribution in [2.75, 3.05) is 0 Å². The molecular weight excluding hydrogens is 687 g/mol. The summed E-state index contributed by atoms with van der Waals surface area (Å²) in [6, 6.07) is -3.77. The van der Waals surface area contributed by atoms with Crippen LogP contribution in [0, 0.1) is 0 Å². The molecule has 0 amide bonds. The van der Waals surface area contributed by atoms with Crippen molar-refractivity contribution in [3.8, 4) is 5.75 Å². The van der Waals surface area contributed by atoms with Gasteiger partial charge in [-0.15, -0.1) is 0 Å². The fourth-order valence-corrected chi connectivity index (χ4v) is 2.78. The quantitative estimate of drug-likeness (QED) is 0.194. The van der Waals surface area contributed by atoms with E-state index in [0.29, 0.717) is 0 Å². The molecule has 0 heterocycles. The zero-order valence-corrected chi connectivity index (χ0v) is 19.2. The first-order valence-corrected chi connectivity index (χ1v) is 9.61. The van der Waals surface area contributed by atoms with Crippen LogP contribution in [0.3, 0.4) is 0 Å². The van der Waals surface area contributed by atoms with Gasteiger partial charge in [0.2, 0.25) is 5.83 Å². The fraction of sp³-hybridized carbons (Fsp3) is 0.412. The summed E-state index contributed by atoms with van der Waals surface area (Å²) in [6.45, 7) is 0. The molecule has 2 N–H and O–H groups in total. The molecule has 0 aliphatic carbocycles. The van der Waals surface area contributed by atoms with Crippen LogP contribution in [0.15, 0.2) is 28.4 Å². The average Bonchev–Trinajstić information content (AvgIpc) is 2.77. The summed E-state index contributed by atoms with van der Waals surface area (Å²) in [5.41, 5.74) is -2.58. The number of carboxylic acid groups (broad SMARTS) is 2. The van der Waals surface area contributed by atoms with Gasteiger partial charge in [-0.05, 0) is 28.1 Å². The van der Waals surface area contributed by atoms with Crippen LogP contribution in [0.25, 0.3) is 0 Å². The van der Waals surface area contributed by atoms with E-state index in [9.17, 15) is 84.2 Å². The summed E-state index contributed by atoms with van der Waals surface area (Å²) in [6.07, 6.45) is -7.86. The van der Waals surface area contributed by atoms with Crippen molar-refractivity contribution < 1.29 is 99.2 Å². The molecular formula is C17H4BrF17O5. The maximum Gasteiger partial charge on any atom is 0.460 e. The second kappa shape index (κ2) is 10.1. The van der Waals surface area contributed by atoms with E-state index >= 15 is 0 Å². The lowest BCUT2D eigenvalue weighted by Gasteiger charge is -2.41. The first-order valence-electron chi connectivity index (χ1n) is 8.82. The van der Waals surface area contributed by atoms with Gasteiger partial charge in [0.15, 0.2) is 0 Å². The smallest absolute Gasteiger partial charge is 0.460 e. The number of allylic oxidation sites excluding steroid dienone is 1. The molecule has 0 atom stereocenters. The van der Waals surface area contributed by atoms with Gasteiger partial charge < -0.3 is 14.9 Å². The number of alkyl halides is 15. The van der Waals surface area contributed by atoms with Crippen molar-refractivity contribution in [2.45, 2.75) is 41.7 Å². The highest BCUT2D eigenvalue weighted by molar-refractivity contribution is 9.10. The molecule has 0 aromatic heterocycles. The third-order valence-corrected chi connectivity index (χ3v) is 5.13. The van der Waals surface area contributed by atoms with Crippen molar-refractivity contribution in [3.05, 3.63) is 39.6 Å². The molecule has 0 radical (unpaired) electrons. The molecule has 0 aliphatic rings. The van der Waals surface area contributed by atoms with Gasteiger partial charge in [0, 0.05) is 0 Å². The molecule has 1 aromatic rings. The normalized spacial score (nSPS) is 15.1. The third-order valence-electron chi connectivity index (χ3n) is 4.51. The van der Waals surface area contributed by atoms with Crippen LogP contribution in [-0.2, 0) is 0 Å². The monoisotopic (exact) mass is 690 g/mol. The molecule has 0 spiro atoms. The third kappa shape index (κ3) is 5.10. The Kier molecular flexibility index (Phi) is 8.86. The predicted molar refractivity (Wildman–Crippen MR) is 93.7 cm³/mol. The Morgan fingerprint density at radius 1 is 0.625 bits per heavy atom. The van der Waals surface area contributed by atoms with E-state index in [1.165, 1.54) is 0 Å². The lowest BCUT2D eigenvalue weighted by Crippen LogP contribution is -2.72. The molecule has 40 heavy (non-hydrogen) atoms. The largest absolute Gasteiger partial charge is 0.478 e. The summed E-state index contributed by atoms with van der Waals surface area (Å²) in [7, 11) is 0. The van der Waals surface area contributed by atoms with Crippen LogP contribution in [0.2, 0.25) is 0 Å². The van der Waals surface area contributed by atoms with E-state index in [1.807, 2.05) is 0 Å². The number of halogens is 18. The number of benzene rings is 1. The molecule has 0 saturated carbocycles. The first kappa shape index (κ1) is 35.0. The van der Waals surface area contributed by atoms with Crippen LogP contribution < -0.4 is 4.74 Å². The molecule has 23 heteroatoms. The van der Waals surface area contributed by atoms with Crippen molar-refractivity contribution >= 4 is 27.9 Å². The highest BCUT2D eigenvalue weighted by atomic mass is 79.9. The second-order valence-electron chi connectivity index (χ2n) is 7.07. The van der Waals surface area contributed by atoms with Crippen LogP contribution >= 0.6 is 15.9 Å². The minimum Gasteiger partial charge on any atom is -0.478 e. The number of carbonyl (C=O) groups is 2. The summed E-state index contributed by atoms with van der Waals surface area (Å²) < 4.78 is 228. The summed E-state index contributed by atoms with van der Waals surface area (Å²) >= 11 is 2.29. The van der Waals surface area contributed by atoms with Crippen LogP contribution in [0.5, 0.6) is 5.75 Å². The topological polar surface area (TPSA) is 83.8 Å². The molecule has 0 unspecified atom stereocenters. The Morgan fingerprint density at radius 3 is 1.35 bits per heavy atom. The van der Waals surface area contributed by atoms with Gasteiger partial charge >= 0.3 is 59.7 Å². The maximum atomic E-state index is 13.9. The minimum absolute atomic E-state index is 0.123. The maximum absolute atomic E-state index is 13.9. The van der Waals surface area contributed by atoms with Gasteiger partial charge in [0.05, 0.1) is 15.6 Å². The SMILES string of the molecule is O=C(O)c1cc(Br)c(OC(F)=C(F)C(F)(F)C(F)(F)C(F)(F)C(F)(F)C(F)(F)C(F)(F)C(F)(F)F)cc1C(=O)O. The molecule has 5 nitrogen and oxygen atoms in total. The zero-order valence-electron chi connectivity index (χ0n) is 17.6. The number of ether oxygens (including phenoxy) is 1. The van der Waals surface area contributed by atoms with Crippen molar-refractivity contribution in [1.82, 2.24) is 0 Å². The lowest BCUT2D eigenvalue weighted by molar-refractivity contribution is -0.451. The van der Waals surface area contributed by atoms with E-state index in [4.69, 9.17) is 10.2 Å². The highest BCUT2D eigenvalue weighted by Crippen LogP contribution is 2.63. The van der Waals surface area contributed by atoms with Gasteiger partial charge in [-0.25, -0.2) is 9.59 Å². The van der Waals surface area contributed by atoms with Gasteiger partial charge in [-0.3, -0.25) is 0 Å². The second-order valence-corrected chi connectivity index (χ2v) is 7.93. The summed E-state index contributed by atoms with van der Waals surface area (Å²) in [5.74, 6) is -61.1. The van der Waals surface area contributed by atoms with Crippen LogP contribution in [-0.4, -0.2) is 63.9 Å². The highest BCUT2D eigenvalue weighted by Gasteiger charge is 2.93. The molecule has 1 aromatic carbocycles. The molecule has 1 rings (SSSR count). The summed E-state index contributed by atoms with van der Waals surface area (Å²) in [4.78, 5) is 22.0. The van der Waals surface area contributed by atoms with E-state index in [-0.39, 0.29) is 12.1 Å². The molecule has 0 aliphatic heterocycles. The Hall–Kier alpha value is -3.01. The molecule has 0 fully saturated rings. The zero-order chi connectivity index (χ0) is 32.2. The number of hydrogen-bond acceptors (Lipinski definition) is 3. The van der Waals surface area contributed by atoms with Crippen molar-refractivity contribution in [2.24, 2.45) is 0 Å². The van der Waals surface area contributed by atoms with E-state index in [0.717, 1.165) is 0 Å². The van der Waals surface area contributed by atoms with E-state index < -0.39 is 86.8 Å². The number of carboxylic acids is 2. The molecule has 228 valence electrons. The van der Waals surface area contributed by atoms with Crippen LogP contribution in [0.4, 0.5) is 74.6 Å². The van der Waals surface area contributed by atoms with Gasteiger partial charge in [0.25, 0.3) is 0 Å². The van der Waals surface area contributed by atoms with Crippen LogP contribution in [0.1, 0.15) is 20.7 Å². The number of aromatic carboxylic acids is 2. The summed E-state index contributed by atoms with van der Waals surface area (Å²) in [5, 5.41) is 17.7. The van der Waals surface area contributed by atoms with Gasteiger partial charge in [-0.1, -0.05) is 0 Å². The van der Waals surface area contributed by atoms with E-state index in [1.54, 1.807) is 0 Å². The molecule has 0 saturated heterocycles. The van der Waals surface area contributed by atoms with Crippen molar-refractivity contribution in [1.29, 1.82) is 0 Å². The lowest BCUT2D eigenvalue weighted by atomic mass is 9.91. The first-order chi connectivity index (χ1) is 17.4. The predicted octanol–water partition coefficient (Wildman–Crippen LogP) is 7.71. The number of rotatable bonds is 10.